The number of nitriles is 1. The SMILES string of the molecule is Cc1cc(C#N)cc(C)c1Oc1nc(NC2CCN(c3cccc(C(O)C(=O)O)c3)CC2)ncc1Br. The molecule has 3 aromatic rings. The van der Waals surface area contributed by atoms with E-state index < -0.39 is 12.1 Å². The summed E-state index contributed by atoms with van der Waals surface area (Å²) in [5, 5.41) is 31.5. The summed E-state index contributed by atoms with van der Waals surface area (Å²) in [6, 6.07) is 12.9. The van der Waals surface area contributed by atoms with Gasteiger partial charge < -0.3 is 25.2 Å². The number of hydrogen-bond donors (Lipinski definition) is 3. The molecular formula is C26H26BrN5O4. The Kier molecular flexibility index (Phi) is 7.72. The van der Waals surface area contributed by atoms with Gasteiger partial charge in [0.2, 0.25) is 11.8 Å². The molecule has 1 fully saturated rings. The van der Waals surface area contributed by atoms with Gasteiger partial charge in [0, 0.05) is 24.8 Å². The highest BCUT2D eigenvalue weighted by atomic mass is 79.9. The molecule has 186 valence electrons. The molecule has 0 amide bonds. The van der Waals surface area contributed by atoms with Crippen molar-refractivity contribution < 1.29 is 19.7 Å². The van der Waals surface area contributed by atoms with Crippen LogP contribution in [0.5, 0.6) is 11.6 Å². The Morgan fingerprint density at radius 2 is 1.94 bits per heavy atom. The number of aromatic nitrogens is 2. The zero-order valence-corrected chi connectivity index (χ0v) is 21.5. The van der Waals surface area contributed by atoms with Crippen LogP contribution in [0.4, 0.5) is 11.6 Å². The van der Waals surface area contributed by atoms with Gasteiger partial charge in [-0.3, -0.25) is 0 Å². The van der Waals surface area contributed by atoms with Gasteiger partial charge in [-0.25, -0.2) is 9.78 Å². The maximum Gasteiger partial charge on any atom is 0.337 e. The van der Waals surface area contributed by atoms with Crippen LogP contribution in [0.3, 0.4) is 0 Å². The van der Waals surface area contributed by atoms with E-state index in [0.717, 1.165) is 42.7 Å². The maximum atomic E-state index is 11.1. The van der Waals surface area contributed by atoms with E-state index in [0.29, 0.717) is 33.2 Å². The number of aryl methyl sites for hydroxylation is 2. The normalized spacial score (nSPS) is 14.7. The summed E-state index contributed by atoms with van der Waals surface area (Å²) in [5.41, 5.74) is 3.52. The number of aliphatic carboxylic acids is 1. The first-order valence-electron chi connectivity index (χ1n) is 11.5. The fourth-order valence-electron chi connectivity index (χ4n) is 4.26. The Morgan fingerprint density at radius 3 is 2.58 bits per heavy atom. The number of anilines is 2. The van der Waals surface area contributed by atoms with Crippen LogP contribution in [0.2, 0.25) is 0 Å². The van der Waals surface area contributed by atoms with Gasteiger partial charge in [0.15, 0.2) is 6.10 Å². The Bertz CT molecular complexity index is 1290. The highest BCUT2D eigenvalue weighted by Gasteiger charge is 2.23. The van der Waals surface area contributed by atoms with Crippen LogP contribution in [-0.2, 0) is 4.79 Å². The number of aliphatic hydroxyl groups is 1. The van der Waals surface area contributed by atoms with Gasteiger partial charge in [-0.15, -0.1) is 0 Å². The average Bonchev–Trinajstić information content (AvgIpc) is 2.87. The minimum atomic E-state index is -1.54. The second kappa shape index (κ2) is 10.9. The summed E-state index contributed by atoms with van der Waals surface area (Å²) in [6.07, 6.45) is 1.77. The lowest BCUT2D eigenvalue weighted by Gasteiger charge is -2.34. The monoisotopic (exact) mass is 551 g/mol. The standard InChI is InChI=1S/C26H26BrN5O4/c1-15-10-17(13-28)11-16(2)23(15)36-24-21(27)14-29-26(31-24)30-19-6-8-32(9-7-19)20-5-3-4-18(12-20)22(33)25(34)35/h3-5,10-12,14,19,22,33H,6-9H2,1-2H3,(H,34,35)(H,29,30,31). The molecule has 1 saturated heterocycles. The Labute approximate surface area is 217 Å². The van der Waals surface area contributed by atoms with Gasteiger partial charge in [-0.2, -0.15) is 10.2 Å². The molecular weight excluding hydrogens is 526 g/mol. The molecule has 0 aliphatic carbocycles. The number of nitrogens with one attached hydrogen (secondary N) is 1. The van der Waals surface area contributed by atoms with Gasteiger partial charge in [0.25, 0.3) is 0 Å². The third-order valence-corrected chi connectivity index (χ3v) is 6.66. The quantitative estimate of drug-likeness (QED) is 0.381. The number of carboxylic acid groups (broad SMARTS) is 1. The molecule has 0 spiro atoms. The van der Waals surface area contributed by atoms with Crippen molar-refractivity contribution in [2.45, 2.75) is 38.8 Å². The van der Waals surface area contributed by atoms with Crippen LogP contribution in [0, 0.1) is 25.2 Å². The lowest BCUT2D eigenvalue weighted by molar-refractivity contribution is -0.146. The Morgan fingerprint density at radius 1 is 1.25 bits per heavy atom. The van der Waals surface area contributed by atoms with Crippen molar-refractivity contribution in [2.75, 3.05) is 23.3 Å². The maximum absolute atomic E-state index is 11.1. The van der Waals surface area contributed by atoms with Crippen molar-refractivity contribution in [1.29, 1.82) is 5.26 Å². The van der Waals surface area contributed by atoms with Crippen LogP contribution in [0.15, 0.2) is 47.1 Å². The Balaban J connectivity index is 1.41. The molecule has 1 aromatic heterocycles. The summed E-state index contributed by atoms with van der Waals surface area (Å²) >= 11 is 3.46. The first-order valence-corrected chi connectivity index (χ1v) is 12.3. The van der Waals surface area contributed by atoms with Crippen molar-refractivity contribution >= 4 is 33.5 Å². The van der Waals surface area contributed by atoms with Crippen molar-refractivity contribution in [3.8, 4) is 17.7 Å². The van der Waals surface area contributed by atoms with Gasteiger partial charge in [-0.1, -0.05) is 12.1 Å². The molecule has 4 rings (SSSR count). The van der Waals surface area contributed by atoms with E-state index in [-0.39, 0.29) is 6.04 Å². The number of aliphatic hydroxyl groups excluding tert-OH is 1. The number of carboxylic acids is 1. The molecule has 1 aliphatic heterocycles. The van der Waals surface area contributed by atoms with Crippen LogP contribution >= 0.6 is 15.9 Å². The Hall–Kier alpha value is -3.68. The summed E-state index contributed by atoms with van der Waals surface area (Å²) in [5.74, 6) is 0.233. The van der Waals surface area contributed by atoms with Crippen molar-refractivity contribution in [3.05, 3.63) is 69.3 Å². The van der Waals surface area contributed by atoms with Crippen LogP contribution in [0.1, 0.15) is 41.2 Å². The first-order chi connectivity index (χ1) is 17.2. The highest BCUT2D eigenvalue weighted by molar-refractivity contribution is 9.10. The van der Waals surface area contributed by atoms with E-state index in [1.165, 1.54) is 0 Å². The number of benzene rings is 2. The molecule has 2 heterocycles. The first kappa shape index (κ1) is 25.4. The van der Waals surface area contributed by atoms with Gasteiger partial charge in [0.05, 0.1) is 22.3 Å². The number of carbonyl (C=O) groups is 1. The molecule has 9 nitrogen and oxygen atoms in total. The minimum absolute atomic E-state index is 0.154. The number of ether oxygens (including phenoxy) is 1. The molecule has 1 unspecified atom stereocenters. The lowest BCUT2D eigenvalue weighted by Crippen LogP contribution is -2.39. The van der Waals surface area contributed by atoms with Gasteiger partial charge in [0.1, 0.15) is 5.75 Å². The number of nitrogens with zero attached hydrogens (tertiary/aromatic N) is 4. The fraction of sp³-hybridized carbons (Fsp3) is 0.308. The lowest BCUT2D eigenvalue weighted by atomic mass is 10.0. The van der Waals surface area contributed by atoms with Crippen molar-refractivity contribution in [1.82, 2.24) is 9.97 Å². The van der Waals surface area contributed by atoms with E-state index >= 15 is 0 Å². The minimum Gasteiger partial charge on any atom is -0.479 e. The van der Waals surface area contributed by atoms with Gasteiger partial charge >= 0.3 is 5.97 Å². The fourth-order valence-corrected chi connectivity index (χ4v) is 4.54. The predicted octanol–water partition coefficient (Wildman–Crippen LogP) is 4.72. The zero-order valence-electron chi connectivity index (χ0n) is 19.9. The highest BCUT2D eigenvalue weighted by Crippen LogP contribution is 2.33. The second-order valence-electron chi connectivity index (χ2n) is 8.74. The number of halogens is 1. The van der Waals surface area contributed by atoms with Crippen LogP contribution in [0.25, 0.3) is 0 Å². The van der Waals surface area contributed by atoms with E-state index in [2.05, 4.69) is 42.2 Å². The van der Waals surface area contributed by atoms with Crippen LogP contribution < -0.4 is 15.0 Å². The predicted molar refractivity (Wildman–Crippen MR) is 138 cm³/mol. The summed E-state index contributed by atoms with van der Waals surface area (Å²) in [6.45, 7) is 5.30. The van der Waals surface area contributed by atoms with Crippen molar-refractivity contribution in [3.63, 3.8) is 0 Å². The molecule has 0 bridgehead atoms. The van der Waals surface area contributed by atoms with E-state index in [1.54, 1.807) is 36.5 Å². The van der Waals surface area contributed by atoms with E-state index in [9.17, 15) is 15.2 Å². The van der Waals surface area contributed by atoms with E-state index in [4.69, 9.17) is 9.84 Å². The zero-order chi connectivity index (χ0) is 25.8. The largest absolute Gasteiger partial charge is 0.479 e. The van der Waals surface area contributed by atoms with Crippen molar-refractivity contribution in [2.24, 2.45) is 0 Å². The molecule has 36 heavy (non-hydrogen) atoms. The summed E-state index contributed by atoms with van der Waals surface area (Å²) in [7, 11) is 0. The third-order valence-electron chi connectivity index (χ3n) is 6.11. The summed E-state index contributed by atoms with van der Waals surface area (Å²) < 4.78 is 6.72. The topological polar surface area (TPSA) is 132 Å². The number of hydrogen-bond acceptors (Lipinski definition) is 8. The summed E-state index contributed by atoms with van der Waals surface area (Å²) in [4.78, 5) is 22.2. The molecule has 0 radical (unpaired) electrons. The molecule has 3 N–H and O–H groups in total. The van der Waals surface area contributed by atoms with E-state index in [1.807, 2.05) is 19.9 Å². The van der Waals surface area contributed by atoms with Gasteiger partial charge in [-0.05, 0) is 83.6 Å². The molecule has 1 atom stereocenters. The number of piperidine rings is 1. The second-order valence-corrected chi connectivity index (χ2v) is 9.60. The molecule has 0 saturated carbocycles. The molecule has 10 heteroatoms. The number of rotatable bonds is 7. The average molecular weight is 552 g/mol. The molecule has 1 aliphatic rings. The van der Waals surface area contributed by atoms with Crippen LogP contribution in [-0.4, -0.2) is 45.3 Å². The third kappa shape index (κ3) is 5.75. The molecule has 2 aromatic carbocycles. The smallest absolute Gasteiger partial charge is 0.337 e.